The largest absolute Gasteiger partial charge is 0.454 e. The Bertz CT molecular complexity index is 1070. The summed E-state index contributed by atoms with van der Waals surface area (Å²) in [7, 11) is -3.83. The topological polar surface area (TPSA) is 84.0 Å². The van der Waals surface area contributed by atoms with Gasteiger partial charge in [-0.1, -0.05) is 43.5 Å². The molecule has 0 radical (unpaired) electrons. The van der Waals surface area contributed by atoms with Gasteiger partial charge in [-0.3, -0.25) is 13.9 Å². The maximum absolute atomic E-state index is 12.9. The summed E-state index contributed by atoms with van der Waals surface area (Å²) in [5.74, 6) is -0.969. The molecule has 2 aliphatic rings. The molecule has 30 heavy (non-hydrogen) atoms. The van der Waals surface area contributed by atoms with Crippen LogP contribution < -0.4 is 4.31 Å². The van der Waals surface area contributed by atoms with Crippen molar-refractivity contribution in [3.63, 3.8) is 0 Å². The van der Waals surface area contributed by atoms with Gasteiger partial charge < -0.3 is 9.64 Å². The van der Waals surface area contributed by atoms with Gasteiger partial charge in [-0.2, -0.15) is 0 Å². The second-order valence-electron chi connectivity index (χ2n) is 7.78. The van der Waals surface area contributed by atoms with E-state index in [0.717, 1.165) is 35.4 Å². The first-order chi connectivity index (χ1) is 14.4. The molecule has 8 heteroatoms. The van der Waals surface area contributed by atoms with Gasteiger partial charge in [0, 0.05) is 18.0 Å². The Morgan fingerprint density at radius 1 is 1.10 bits per heavy atom. The zero-order valence-corrected chi connectivity index (χ0v) is 17.9. The molecule has 0 unspecified atom stereocenters. The van der Waals surface area contributed by atoms with E-state index in [4.69, 9.17) is 4.74 Å². The zero-order chi connectivity index (χ0) is 21.3. The van der Waals surface area contributed by atoms with E-state index in [0.29, 0.717) is 17.6 Å². The number of carbonyl (C=O) groups is 2. The molecule has 0 N–H and O–H groups in total. The summed E-state index contributed by atoms with van der Waals surface area (Å²) in [5, 5.41) is 1.41. The first kappa shape index (κ1) is 20.7. The molecule has 0 spiro atoms. The number of rotatable bonds is 6. The fourth-order valence-electron chi connectivity index (χ4n) is 4.55. The summed E-state index contributed by atoms with van der Waals surface area (Å²) < 4.78 is 32.1. The van der Waals surface area contributed by atoms with E-state index in [1.807, 2.05) is 19.1 Å². The van der Waals surface area contributed by atoms with Gasteiger partial charge in [-0.15, -0.1) is 0 Å². The number of nitrogens with zero attached hydrogens (tertiary/aromatic N) is 2. The highest BCUT2D eigenvalue weighted by molar-refractivity contribution is 7.93. The van der Waals surface area contributed by atoms with Crippen molar-refractivity contribution in [2.75, 3.05) is 24.0 Å². The van der Waals surface area contributed by atoms with Crippen molar-refractivity contribution in [3.05, 3.63) is 36.4 Å². The first-order valence-corrected chi connectivity index (χ1v) is 11.9. The molecule has 0 atom stereocenters. The van der Waals surface area contributed by atoms with Crippen LogP contribution in [-0.2, 0) is 24.3 Å². The predicted molar refractivity (Wildman–Crippen MR) is 114 cm³/mol. The fraction of sp³-hybridized carbons (Fsp3) is 0.455. The van der Waals surface area contributed by atoms with Crippen LogP contribution in [0.5, 0.6) is 0 Å². The highest BCUT2D eigenvalue weighted by Gasteiger charge is 2.37. The van der Waals surface area contributed by atoms with E-state index in [2.05, 4.69) is 0 Å². The van der Waals surface area contributed by atoms with E-state index in [1.165, 1.54) is 6.42 Å². The van der Waals surface area contributed by atoms with Crippen molar-refractivity contribution < 1.29 is 22.7 Å². The number of esters is 1. The molecule has 1 aliphatic heterocycles. The Morgan fingerprint density at radius 3 is 2.50 bits per heavy atom. The van der Waals surface area contributed by atoms with Gasteiger partial charge in [0.1, 0.15) is 6.54 Å². The molecule has 7 nitrogen and oxygen atoms in total. The smallest absolute Gasteiger partial charge is 0.327 e. The van der Waals surface area contributed by atoms with Gasteiger partial charge in [0.15, 0.2) is 6.61 Å². The van der Waals surface area contributed by atoms with E-state index >= 15 is 0 Å². The van der Waals surface area contributed by atoms with E-state index < -0.39 is 22.5 Å². The van der Waals surface area contributed by atoms with Gasteiger partial charge in [-0.25, -0.2) is 8.42 Å². The average Bonchev–Trinajstić information content (AvgIpc) is 2.97. The van der Waals surface area contributed by atoms with Crippen LogP contribution in [0.15, 0.2) is 41.3 Å². The number of carbonyl (C=O) groups excluding carboxylic acids is 2. The molecule has 2 aromatic carbocycles. The van der Waals surface area contributed by atoms with Crippen LogP contribution in [0, 0.1) is 0 Å². The number of benzene rings is 2. The Morgan fingerprint density at radius 2 is 1.80 bits per heavy atom. The lowest BCUT2D eigenvalue weighted by Crippen LogP contribution is -2.44. The molecular weight excluding hydrogens is 404 g/mol. The first-order valence-electron chi connectivity index (χ1n) is 10.4. The van der Waals surface area contributed by atoms with E-state index in [9.17, 15) is 18.0 Å². The second-order valence-corrected chi connectivity index (χ2v) is 9.61. The maximum atomic E-state index is 12.9. The molecular formula is C22H26N2O5S. The van der Waals surface area contributed by atoms with Crippen LogP contribution in [0.4, 0.5) is 5.69 Å². The van der Waals surface area contributed by atoms with Crippen LogP contribution in [0.1, 0.15) is 39.0 Å². The number of anilines is 1. The Hall–Kier alpha value is -2.61. The van der Waals surface area contributed by atoms with Crippen molar-refractivity contribution in [3.8, 4) is 0 Å². The van der Waals surface area contributed by atoms with Crippen LogP contribution in [0.25, 0.3) is 10.8 Å². The fourth-order valence-corrected chi connectivity index (χ4v) is 6.20. The summed E-state index contributed by atoms with van der Waals surface area (Å²) in [4.78, 5) is 27.0. The quantitative estimate of drug-likeness (QED) is 0.658. The minimum atomic E-state index is -3.83. The van der Waals surface area contributed by atoms with Crippen LogP contribution in [-0.4, -0.2) is 50.9 Å². The molecule has 0 saturated heterocycles. The predicted octanol–water partition coefficient (Wildman–Crippen LogP) is 3.07. The van der Waals surface area contributed by atoms with Crippen molar-refractivity contribution in [1.82, 2.24) is 4.90 Å². The third-order valence-electron chi connectivity index (χ3n) is 5.99. The zero-order valence-electron chi connectivity index (χ0n) is 17.0. The molecule has 0 bridgehead atoms. The molecule has 1 heterocycles. The van der Waals surface area contributed by atoms with Crippen molar-refractivity contribution in [2.45, 2.75) is 50.0 Å². The van der Waals surface area contributed by atoms with Crippen LogP contribution >= 0.6 is 0 Å². The molecule has 2 aromatic rings. The van der Waals surface area contributed by atoms with Gasteiger partial charge in [0.25, 0.3) is 15.9 Å². The summed E-state index contributed by atoms with van der Waals surface area (Å²) in [5.41, 5.74) is 0.462. The van der Waals surface area contributed by atoms with Gasteiger partial charge >= 0.3 is 5.97 Å². The third-order valence-corrected chi connectivity index (χ3v) is 7.79. The van der Waals surface area contributed by atoms with Crippen LogP contribution in [0.3, 0.4) is 0 Å². The van der Waals surface area contributed by atoms with E-state index in [-0.39, 0.29) is 23.5 Å². The highest BCUT2D eigenvalue weighted by atomic mass is 32.2. The number of hydrogen-bond acceptors (Lipinski definition) is 5. The molecule has 4 rings (SSSR count). The van der Waals surface area contributed by atoms with Gasteiger partial charge in [-0.05, 0) is 37.3 Å². The summed E-state index contributed by atoms with van der Waals surface area (Å²) in [6.45, 7) is 1.66. The number of amides is 1. The van der Waals surface area contributed by atoms with Gasteiger partial charge in [0.05, 0.1) is 10.6 Å². The number of ether oxygens (including phenoxy) is 1. The van der Waals surface area contributed by atoms with Crippen LogP contribution in [0.2, 0.25) is 0 Å². The minimum absolute atomic E-state index is 0.189. The number of sulfonamides is 1. The number of hydrogen-bond donors (Lipinski definition) is 0. The highest BCUT2D eigenvalue weighted by Crippen LogP contribution is 2.41. The lowest BCUT2D eigenvalue weighted by atomic mass is 9.94. The SMILES string of the molecule is CCN(C(=O)COC(=O)CN1c2cccc3cccc(c23)S1(=O)=O)C1CCCCC1. The maximum Gasteiger partial charge on any atom is 0.327 e. The monoisotopic (exact) mass is 430 g/mol. The lowest BCUT2D eigenvalue weighted by molar-refractivity contribution is -0.152. The number of likely N-dealkylation sites (N-methyl/N-ethyl adjacent to an activating group) is 1. The lowest BCUT2D eigenvalue weighted by Gasteiger charge is -2.33. The molecule has 1 amide bonds. The Labute approximate surface area is 176 Å². The molecule has 1 fully saturated rings. The Kier molecular flexibility index (Phi) is 5.69. The van der Waals surface area contributed by atoms with Crippen molar-refractivity contribution in [2.24, 2.45) is 0 Å². The average molecular weight is 431 g/mol. The standard InChI is InChI=1S/C22H26N2O5S/c1-2-23(17-10-4-3-5-11-17)20(25)15-29-21(26)14-24-18-12-6-8-16-9-7-13-19(22(16)18)30(24,27)28/h6-9,12-13,17H,2-5,10-11,14-15H2,1H3. The summed E-state index contributed by atoms with van der Waals surface area (Å²) >= 11 is 0. The Balaban J connectivity index is 1.43. The summed E-state index contributed by atoms with van der Waals surface area (Å²) in [6, 6.07) is 10.5. The molecule has 1 aliphatic carbocycles. The van der Waals surface area contributed by atoms with Gasteiger partial charge in [0.2, 0.25) is 0 Å². The van der Waals surface area contributed by atoms with Crippen molar-refractivity contribution >= 4 is 38.4 Å². The summed E-state index contributed by atoms with van der Waals surface area (Å²) in [6.07, 6.45) is 5.35. The molecule has 0 aromatic heterocycles. The molecule has 1 saturated carbocycles. The third kappa shape index (κ3) is 3.64. The van der Waals surface area contributed by atoms with Crippen molar-refractivity contribution in [1.29, 1.82) is 0 Å². The second kappa shape index (κ2) is 8.26. The van der Waals surface area contributed by atoms with E-state index in [1.54, 1.807) is 29.2 Å². The molecule has 160 valence electrons. The minimum Gasteiger partial charge on any atom is -0.454 e. The normalized spacial score (nSPS) is 17.8.